The Hall–Kier alpha value is -0.860. The van der Waals surface area contributed by atoms with Crippen molar-refractivity contribution in [3.8, 4) is 0 Å². The van der Waals surface area contributed by atoms with Gasteiger partial charge in [-0.25, -0.2) is 0 Å². The topological polar surface area (TPSA) is 15.3 Å². The zero-order valence-electron chi connectivity index (χ0n) is 13.8. The van der Waals surface area contributed by atoms with Crippen molar-refractivity contribution in [2.45, 2.75) is 51.6 Å². The summed E-state index contributed by atoms with van der Waals surface area (Å²) >= 11 is 0. The third-order valence-corrected chi connectivity index (χ3v) is 5.51. The van der Waals surface area contributed by atoms with Gasteiger partial charge in [-0.05, 0) is 43.6 Å². The fraction of sp³-hybridized carbons (Fsp3) is 0.684. The van der Waals surface area contributed by atoms with Gasteiger partial charge in [0.25, 0.3) is 0 Å². The van der Waals surface area contributed by atoms with Crippen LogP contribution in [0, 0.1) is 11.8 Å². The smallest absolute Gasteiger partial charge is 0.0535 e. The molecule has 1 heterocycles. The van der Waals surface area contributed by atoms with Gasteiger partial charge in [0, 0.05) is 25.7 Å². The van der Waals surface area contributed by atoms with Crippen molar-refractivity contribution < 1.29 is 0 Å². The van der Waals surface area contributed by atoms with Crippen LogP contribution in [0.3, 0.4) is 0 Å². The molecule has 0 aromatic heterocycles. The molecule has 1 saturated carbocycles. The Morgan fingerprint density at radius 2 is 1.71 bits per heavy atom. The van der Waals surface area contributed by atoms with E-state index in [0.29, 0.717) is 0 Å². The summed E-state index contributed by atoms with van der Waals surface area (Å²) in [6.45, 7) is 10.7. The van der Waals surface area contributed by atoms with Gasteiger partial charge in [-0.15, -0.1) is 0 Å². The molecule has 3 rings (SSSR count). The van der Waals surface area contributed by atoms with E-state index in [1.165, 1.54) is 31.4 Å². The molecule has 21 heavy (non-hydrogen) atoms. The predicted octanol–water partition coefficient (Wildman–Crippen LogP) is 3.63. The van der Waals surface area contributed by atoms with Crippen molar-refractivity contribution >= 4 is 0 Å². The Kier molecular flexibility index (Phi) is 4.37. The minimum Gasteiger partial charge on any atom is -0.305 e. The lowest BCUT2D eigenvalue weighted by Gasteiger charge is -2.47. The van der Waals surface area contributed by atoms with Crippen LogP contribution in [0.1, 0.15) is 45.6 Å². The largest absolute Gasteiger partial charge is 0.305 e. The van der Waals surface area contributed by atoms with Crippen LogP contribution in [0.15, 0.2) is 30.3 Å². The highest BCUT2D eigenvalue weighted by Crippen LogP contribution is 2.34. The number of hydrogen-bond acceptors (Lipinski definition) is 2. The standard InChI is InChI=1S/C19H30N2/c1-15-11-16(2)13-18(12-15)21-10-9-20-19(3,14-21)17-7-5-4-6-8-17/h4-8,15-16,18,20H,9-14H2,1-3H3. The molecule has 1 aromatic rings. The van der Waals surface area contributed by atoms with E-state index in [2.05, 4.69) is 61.3 Å². The third-order valence-electron chi connectivity index (χ3n) is 5.51. The van der Waals surface area contributed by atoms with Gasteiger partial charge in [-0.3, -0.25) is 4.90 Å². The van der Waals surface area contributed by atoms with Crippen LogP contribution in [0.5, 0.6) is 0 Å². The highest BCUT2D eigenvalue weighted by molar-refractivity contribution is 5.25. The SMILES string of the molecule is CC1CC(C)CC(N2CCNC(C)(c3ccccc3)C2)C1. The first-order chi connectivity index (χ1) is 10.1. The van der Waals surface area contributed by atoms with E-state index in [1.807, 2.05) is 0 Å². The maximum Gasteiger partial charge on any atom is 0.0535 e. The maximum absolute atomic E-state index is 3.76. The van der Waals surface area contributed by atoms with Crippen LogP contribution in [0.25, 0.3) is 0 Å². The fourth-order valence-electron chi connectivity index (χ4n) is 4.53. The van der Waals surface area contributed by atoms with E-state index in [4.69, 9.17) is 0 Å². The molecule has 1 aliphatic heterocycles. The normalized spacial score (nSPS) is 38.3. The van der Waals surface area contributed by atoms with E-state index >= 15 is 0 Å². The number of hydrogen-bond donors (Lipinski definition) is 1. The van der Waals surface area contributed by atoms with E-state index in [-0.39, 0.29) is 5.54 Å². The number of nitrogens with one attached hydrogen (secondary N) is 1. The monoisotopic (exact) mass is 286 g/mol. The number of rotatable bonds is 2. The number of nitrogens with zero attached hydrogens (tertiary/aromatic N) is 1. The molecule has 1 saturated heterocycles. The Balaban J connectivity index is 1.73. The van der Waals surface area contributed by atoms with Gasteiger partial charge in [0.1, 0.15) is 0 Å². The molecule has 1 aliphatic carbocycles. The third kappa shape index (κ3) is 3.32. The average Bonchev–Trinajstić information content (AvgIpc) is 2.47. The summed E-state index contributed by atoms with van der Waals surface area (Å²) in [5.74, 6) is 1.77. The molecule has 3 atom stereocenters. The average molecular weight is 286 g/mol. The van der Waals surface area contributed by atoms with Crippen LogP contribution in [0.4, 0.5) is 0 Å². The quantitative estimate of drug-likeness (QED) is 0.893. The molecule has 116 valence electrons. The second kappa shape index (κ2) is 6.10. The maximum atomic E-state index is 3.76. The van der Waals surface area contributed by atoms with Gasteiger partial charge in [0.2, 0.25) is 0 Å². The zero-order chi connectivity index (χ0) is 14.9. The minimum atomic E-state index is 0.101. The first kappa shape index (κ1) is 15.1. The highest BCUT2D eigenvalue weighted by atomic mass is 15.2. The Morgan fingerprint density at radius 1 is 1.05 bits per heavy atom. The van der Waals surface area contributed by atoms with Gasteiger partial charge < -0.3 is 5.32 Å². The summed E-state index contributed by atoms with van der Waals surface area (Å²) in [4.78, 5) is 2.76. The fourth-order valence-corrected chi connectivity index (χ4v) is 4.53. The van der Waals surface area contributed by atoms with Crippen molar-refractivity contribution in [2.24, 2.45) is 11.8 Å². The number of benzene rings is 1. The van der Waals surface area contributed by atoms with Crippen molar-refractivity contribution in [1.29, 1.82) is 0 Å². The summed E-state index contributed by atoms with van der Waals surface area (Å²) in [6, 6.07) is 11.7. The lowest BCUT2D eigenvalue weighted by atomic mass is 9.78. The van der Waals surface area contributed by atoms with Crippen LogP contribution >= 0.6 is 0 Å². The molecule has 1 aromatic carbocycles. The molecular weight excluding hydrogens is 256 g/mol. The molecular formula is C19H30N2. The van der Waals surface area contributed by atoms with Gasteiger partial charge in [-0.2, -0.15) is 0 Å². The Labute approximate surface area is 129 Å². The molecule has 0 amide bonds. The molecule has 3 unspecified atom stereocenters. The number of piperazine rings is 1. The molecule has 2 aliphatic rings. The van der Waals surface area contributed by atoms with Gasteiger partial charge >= 0.3 is 0 Å². The van der Waals surface area contributed by atoms with Gasteiger partial charge in [-0.1, -0.05) is 44.2 Å². The first-order valence-electron chi connectivity index (χ1n) is 8.61. The highest BCUT2D eigenvalue weighted by Gasteiger charge is 2.37. The Bertz CT molecular complexity index is 448. The summed E-state index contributed by atoms with van der Waals surface area (Å²) in [6.07, 6.45) is 4.18. The van der Waals surface area contributed by atoms with Crippen molar-refractivity contribution in [3.05, 3.63) is 35.9 Å². The lowest BCUT2D eigenvalue weighted by Crippen LogP contribution is -2.59. The molecule has 0 radical (unpaired) electrons. The molecule has 0 spiro atoms. The predicted molar refractivity (Wildman–Crippen MR) is 89.3 cm³/mol. The van der Waals surface area contributed by atoms with E-state index < -0.39 is 0 Å². The summed E-state index contributed by atoms with van der Waals surface area (Å²) in [7, 11) is 0. The summed E-state index contributed by atoms with van der Waals surface area (Å²) in [5.41, 5.74) is 1.52. The van der Waals surface area contributed by atoms with Crippen LogP contribution in [0.2, 0.25) is 0 Å². The Morgan fingerprint density at radius 3 is 2.38 bits per heavy atom. The van der Waals surface area contributed by atoms with E-state index in [1.54, 1.807) is 0 Å². The van der Waals surface area contributed by atoms with Gasteiger partial charge in [0.05, 0.1) is 5.54 Å². The van der Waals surface area contributed by atoms with Crippen molar-refractivity contribution in [3.63, 3.8) is 0 Å². The molecule has 2 nitrogen and oxygen atoms in total. The molecule has 0 bridgehead atoms. The van der Waals surface area contributed by atoms with Crippen LogP contribution < -0.4 is 5.32 Å². The first-order valence-corrected chi connectivity index (χ1v) is 8.61. The zero-order valence-corrected chi connectivity index (χ0v) is 13.8. The second-order valence-corrected chi connectivity index (χ2v) is 7.67. The minimum absolute atomic E-state index is 0.101. The lowest BCUT2D eigenvalue weighted by molar-refractivity contribution is 0.0551. The second-order valence-electron chi connectivity index (χ2n) is 7.67. The molecule has 1 N–H and O–H groups in total. The molecule has 2 heteroatoms. The van der Waals surface area contributed by atoms with Crippen LogP contribution in [-0.2, 0) is 5.54 Å². The van der Waals surface area contributed by atoms with E-state index in [9.17, 15) is 0 Å². The van der Waals surface area contributed by atoms with Crippen molar-refractivity contribution in [2.75, 3.05) is 19.6 Å². The van der Waals surface area contributed by atoms with Crippen LogP contribution in [-0.4, -0.2) is 30.6 Å². The summed E-state index contributed by atoms with van der Waals surface area (Å²) < 4.78 is 0. The van der Waals surface area contributed by atoms with Crippen molar-refractivity contribution in [1.82, 2.24) is 10.2 Å². The van der Waals surface area contributed by atoms with Gasteiger partial charge in [0.15, 0.2) is 0 Å². The van der Waals surface area contributed by atoms with E-state index in [0.717, 1.165) is 31.0 Å². The summed E-state index contributed by atoms with van der Waals surface area (Å²) in [5, 5.41) is 3.76. The molecule has 2 fully saturated rings.